The van der Waals surface area contributed by atoms with Crippen LogP contribution in [0.15, 0.2) is 54.6 Å². The van der Waals surface area contributed by atoms with Gasteiger partial charge in [-0.3, -0.25) is 4.79 Å². The van der Waals surface area contributed by atoms with Gasteiger partial charge in [-0.25, -0.2) is 0 Å². The van der Waals surface area contributed by atoms with Gasteiger partial charge in [0, 0.05) is 0 Å². The summed E-state index contributed by atoms with van der Waals surface area (Å²) in [5, 5.41) is 3.04. The van der Waals surface area contributed by atoms with Crippen LogP contribution in [0.25, 0.3) is 0 Å². The number of hydrogen-bond donors (Lipinski definition) is 1. The van der Waals surface area contributed by atoms with Crippen molar-refractivity contribution in [1.82, 2.24) is 5.32 Å². The molecule has 0 spiro atoms. The first-order valence-electron chi connectivity index (χ1n) is 8.00. The fourth-order valence-corrected chi connectivity index (χ4v) is 3.07. The average Bonchev–Trinajstić information content (AvgIpc) is 3.42. The van der Waals surface area contributed by atoms with Gasteiger partial charge in [0.15, 0.2) is 11.5 Å². The summed E-state index contributed by atoms with van der Waals surface area (Å²) in [5.74, 6) is 1.59. The van der Waals surface area contributed by atoms with E-state index in [4.69, 9.17) is 9.47 Å². The first-order valence-corrected chi connectivity index (χ1v) is 8.00. The Morgan fingerprint density at radius 2 is 1.74 bits per heavy atom. The largest absolute Gasteiger partial charge is 0.486 e. The van der Waals surface area contributed by atoms with Crippen molar-refractivity contribution < 1.29 is 14.3 Å². The molecule has 1 saturated carbocycles. The van der Waals surface area contributed by atoms with Crippen molar-refractivity contribution in [2.75, 3.05) is 13.2 Å². The minimum Gasteiger partial charge on any atom is -0.486 e. The van der Waals surface area contributed by atoms with Crippen LogP contribution < -0.4 is 14.8 Å². The third-order valence-corrected chi connectivity index (χ3v) is 4.57. The molecule has 2 aromatic carbocycles. The summed E-state index contributed by atoms with van der Waals surface area (Å²) < 4.78 is 11.6. The summed E-state index contributed by atoms with van der Waals surface area (Å²) in [6.07, 6.45) is 1.67. The molecular weight excluding hydrogens is 290 g/mol. The molecule has 0 aromatic heterocycles. The molecule has 0 bridgehead atoms. The normalized spacial score (nSPS) is 20.6. The number of carbonyl (C=O) groups is 1. The molecule has 0 radical (unpaired) electrons. The molecule has 1 fully saturated rings. The lowest BCUT2D eigenvalue weighted by molar-refractivity contribution is -0.124. The average molecular weight is 309 g/mol. The van der Waals surface area contributed by atoms with E-state index in [1.807, 2.05) is 54.6 Å². The summed E-state index contributed by atoms with van der Waals surface area (Å²) in [6, 6.07) is 17.6. The summed E-state index contributed by atoms with van der Waals surface area (Å²) in [6.45, 7) is 0.914. The number of benzene rings is 2. The second-order valence-electron chi connectivity index (χ2n) is 6.16. The van der Waals surface area contributed by atoms with Crippen LogP contribution in [0.4, 0.5) is 0 Å². The predicted molar refractivity (Wildman–Crippen MR) is 86.7 cm³/mol. The van der Waals surface area contributed by atoms with Gasteiger partial charge >= 0.3 is 0 Å². The number of para-hydroxylation sites is 2. The Kier molecular flexibility index (Phi) is 3.45. The fourth-order valence-electron chi connectivity index (χ4n) is 3.07. The van der Waals surface area contributed by atoms with Gasteiger partial charge in [-0.05, 0) is 30.5 Å². The highest BCUT2D eigenvalue weighted by atomic mass is 16.6. The van der Waals surface area contributed by atoms with Crippen LogP contribution in [0.3, 0.4) is 0 Å². The summed E-state index contributed by atoms with van der Waals surface area (Å²) in [4.78, 5) is 12.6. The Hall–Kier alpha value is -2.49. The number of fused-ring (bicyclic) bond motifs is 1. The molecule has 1 atom stereocenters. The number of amides is 1. The second-order valence-corrected chi connectivity index (χ2v) is 6.16. The van der Waals surface area contributed by atoms with Gasteiger partial charge in [-0.15, -0.1) is 0 Å². The van der Waals surface area contributed by atoms with E-state index in [9.17, 15) is 4.79 Å². The lowest BCUT2D eigenvalue weighted by Crippen LogP contribution is -2.44. The minimum atomic E-state index is -0.339. The van der Waals surface area contributed by atoms with E-state index in [1.165, 1.54) is 0 Å². The Labute approximate surface area is 135 Å². The van der Waals surface area contributed by atoms with E-state index in [0.29, 0.717) is 13.2 Å². The van der Waals surface area contributed by atoms with Gasteiger partial charge in [-0.1, -0.05) is 42.5 Å². The molecule has 1 aliphatic carbocycles. The third-order valence-electron chi connectivity index (χ3n) is 4.57. The van der Waals surface area contributed by atoms with Crippen LogP contribution in [0.2, 0.25) is 0 Å². The highest BCUT2D eigenvalue weighted by Gasteiger charge is 2.51. The summed E-state index contributed by atoms with van der Waals surface area (Å²) in [5.41, 5.74) is 0.762. The molecule has 0 unspecified atom stereocenters. The minimum absolute atomic E-state index is 0.0890. The maximum atomic E-state index is 12.6. The summed E-state index contributed by atoms with van der Waals surface area (Å²) in [7, 11) is 0. The number of ether oxygens (including phenoxy) is 2. The smallest absolute Gasteiger partial charge is 0.230 e. The SMILES string of the molecule is O=C(NC[C@H]1COc2ccccc2O1)C1(c2ccccc2)CC1. The van der Waals surface area contributed by atoms with Crippen molar-refractivity contribution in [3.8, 4) is 11.5 Å². The first-order chi connectivity index (χ1) is 11.3. The van der Waals surface area contributed by atoms with Gasteiger partial charge in [0.05, 0.1) is 12.0 Å². The third kappa shape index (κ3) is 2.65. The van der Waals surface area contributed by atoms with Crippen molar-refractivity contribution in [2.24, 2.45) is 0 Å². The van der Waals surface area contributed by atoms with E-state index in [1.54, 1.807) is 0 Å². The molecular formula is C19H19NO3. The zero-order valence-electron chi connectivity index (χ0n) is 12.8. The Morgan fingerprint density at radius 1 is 1.04 bits per heavy atom. The van der Waals surface area contributed by atoms with Gasteiger partial charge in [0.25, 0.3) is 0 Å². The first kappa shape index (κ1) is 14.1. The Balaban J connectivity index is 1.38. The molecule has 0 saturated heterocycles. The lowest BCUT2D eigenvalue weighted by Gasteiger charge is -2.27. The lowest BCUT2D eigenvalue weighted by atomic mass is 9.95. The van der Waals surface area contributed by atoms with E-state index in [0.717, 1.165) is 29.9 Å². The monoisotopic (exact) mass is 309 g/mol. The van der Waals surface area contributed by atoms with Crippen LogP contribution >= 0.6 is 0 Å². The van der Waals surface area contributed by atoms with Crippen molar-refractivity contribution in [3.05, 3.63) is 60.2 Å². The van der Waals surface area contributed by atoms with Crippen molar-refractivity contribution in [2.45, 2.75) is 24.4 Å². The summed E-state index contributed by atoms with van der Waals surface area (Å²) >= 11 is 0. The number of hydrogen-bond acceptors (Lipinski definition) is 3. The van der Waals surface area contributed by atoms with Crippen LogP contribution in [0, 0.1) is 0 Å². The van der Waals surface area contributed by atoms with E-state index in [-0.39, 0.29) is 17.4 Å². The van der Waals surface area contributed by atoms with Gasteiger partial charge in [0.2, 0.25) is 5.91 Å². The molecule has 4 nitrogen and oxygen atoms in total. The van der Waals surface area contributed by atoms with E-state index < -0.39 is 0 Å². The second kappa shape index (κ2) is 5.61. The molecule has 1 amide bonds. The van der Waals surface area contributed by atoms with Crippen molar-refractivity contribution in [3.63, 3.8) is 0 Å². The van der Waals surface area contributed by atoms with Crippen molar-refractivity contribution in [1.29, 1.82) is 0 Å². The zero-order valence-corrected chi connectivity index (χ0v) is 12.8. The standard InChI is InChI=1S/C19H19NO3/c21-18(19(10-11-19)14-6-2-1-3-7-14)20-12-15-13-22-16-8-4-5-9-17(16)23-15/h1-9,15H,10-13H2,(H,20,21)/t15-/m0/s1. The van der Waals surface area contributed by atoms with Gasteiger partial charge < -0.3 is 14.8 Å². The number of nitrogens with one attached hydrogen (secondary N) is 1. The molecule has 1 N–H and O–H groups in total. The fraction of sp³-hybridized carbons (Fsp3) is 0.316. The molecule has 1 heterocycles. The molecule has 23 heavy (non-hydrogen) atoms. The number of rotatable bonds is 4. The maximum absolute atomic E-state index is 12.6. The highest BCUT2D eigenvalue weighted by molar-refractivity contribution is 5.91. The maximum Gasteiger partial charge on any atom is 0.230 e. The molecule has 1 aliphatic heterocycles. The van der Waals surface area contributed by atoms with Gasteiger partial charge in [-0.2, -0.15) is 0 Å². The number of carbonyl (C=O) groups excluding carboxylic acids is 1. The highest BCUT2D eigenvalue weighted by Crippen LogP contribution is 2.48. The van der Waals surface area contributed by atoms with E-state index in [2.05, 4.69) is 5.32 Å². The molecule has 2 aromatic rings. The Bertz CT molecular complexity index is 710. The molecule has 4 rings (SSSR count). The zero-order chi connectivity index (χ0) is 15.7. The van der Waals surface area contributed by atoms with Crippen LogP contribution in [-0.4, -0.2) is 25.2 Å². The molecule has 4 heteroatoms. The molecule has 118 valence electrons. The van der Waals surface area contributed by atoms with Crippen LogP contribution in [-0.2, 0) is 10.2 Å². The van der Waals surface area contributed by atoms with Crippen LogP contribution in [0.5, 0.6) is 11.5 Å². The van der Waals surface area contributed by atoms with E-state index >= 15 is 0 Å². The van der Waals surface area contributed by atoms with Crippen LogP contribution in [0.1, 0.15) is 18.4 Å². The predicted octanol–water partition coefficient (Wildman–Crippen LogP) is 2.67. The van der Waals surface area contributed by atoms with Gasteiger partial charge in [0.1, 0.15) is 12.7 Å². The van der Waals surface area contributed by atoms with Crippen molar-refractivity contribution >= 4 is 5.91 Å². The Morgan fingerprint density at radius 3 is 2.48 bits per heavy atom. The topological polar surface area (TPSA) is 47.6 Å². The quantitative estimate of drug-likeness (QED) is 0.944. The molecule has 2 aliphatic rings.